The first kappa shape index (κ1) is 14.7. The summed E-state index contributed by atoms with van der Waals surface area (Å²) in [5, 5.41) is 4.30. The summed E-state index contributed by atoms with van der Waals surface area (Å²) in [6.45, 7) is 12.1. The summed E-state index contributed by atoms with van der Waals surface area (Å²) >= 11 is 6.48. The van der Waals surface area contributed by atoms with Crippen molar-refractivity contribution >= 4 is 17.3 Å². The minimum Gasteiger partial charge on any atom is -0.370 e. The molecule has 3 unspecified atom stereocenters. The van der Waals surface area contributed by atoms with E-state index in [2.05, 4.69) is 56.1 Å². The lowest BCUT2D eigenvalue weighted by Gasteiger charge is -2.21. The van der Waals surface area contributed by atoms with Gasteiger partial charge in [0.25, 0.3) is 0 Å². The zero-order chi connectivity index (χ0) is 14.0. The summed E-state index contributed by atoms with van der Waals surface area (Å²) in [4.78, 5) is 2.42. The van der Waals surface area contributed by atoms with Crippen LogP contribution in [0.15, 0.2) is 18.2 Å². The predicted molar refractivity (Wildman–Crippen MR) is 84.1 cm³/mol. The highest BCUT2D eigenvalue weighted by Gasteiger charge is 2.27. The quantitative estimate of drug-likeness (QED) is 0.893. The second-order valence-corrected chi connectivity index (χ2v) is 6.26. The molecule has 1 N–H and O–H groups in total. The van der Waals surface area contributed by atoms with Crippen LogP contribution >= 0.6 is 11.6 Å². The van der Waals surface area contributed by atoms with Gasteiger partial charge in [0.1, 0.15) is 0 Å². The Morgan fingerprint density at radius 1 is 1.32 bits per heavy atom. The van der Waals surface area contributed by atoms with E-state index in [0.717, 1.165) is 36.5 Å². The average Bonchev–Trinajstić information content (AvgIpc) is 2.69. The number of hydrogen-bond acceptors (Lipinski definition) is 2. The Hall–Kier alpha value is -0.730. The molecule has 1 aliphatic heterocycles. The maximum Gasteiger partial charge on any atom is 0.0642 e. The van der Waals surface area contributed by atoms with Crippen LogP contribution in [0, 0.1) is 11.8 Å². The molecule has 0 amide bonds. The van der Waals surface area contributed by atoms with E-state index in [-0.39, 0.29) is 0 Å². The van der Waals surface area contributed by atoms with Crippen LogP contribution in [0.25, 0.3) is 0 Å². The van der Waals surface area contributed by atoms with Crippen molar-refractivity contribution in [3.8, 4) is 0 Å². The Balaban J connectivity index is 2.16. The Morgan fingerprint density at radius 2 is 1.95 bits per heavy atom. The number of benzene rings is 1. The summed E-state index contributed by atoms with van der Waals surface area (Å²) in [7, 11) is 0. The Bertz CT molecular complexity index is 423. The highest BCUT2D eigenvalue weighted by Crippen LogP contribution is 2.34. The molecule has 1 aromatic carbocycles. The molecule has 2 rings (SSSR count). The van der Waals surface area contributed by atoms with E-state index in [1.807, 2.05) is 0 Å². The summed E-state index contributed by atoms with van der Waals surface area (Å²) in [5.41, 5.74) is 2.45. The van der Waals surface area contributed by atoms with Crippen LogP contribution in [-0.2, 0) is 0 Å². The fourth-order valence-electron chi connectivity index (χ4n) is 2.80. The Morgan fingerprint density at radius 3 is 2.47 bits per heavy atom. The van der Waals surface area contributed by atoms with Crippen LogP contribution in [0.4, 0.5) is 5.69 Å². The van der Waals surface area contributed by atoms with Crippen LogP contribution in [0.1, 0.15) is 39.3 Å². The Labute approximate surface area is 122 Å². The summed E-state index contributed by atoms with van der Waals surface area (Å²) in [6.07, 6.45) is 0. The van der Waals surface area contributed by atoms with Gasteiger partial charge < -0.3 is 10.2 Å². The topological polar surface area (TPSA) is 15.3 Å². The van der Waals surface area contributed by atoms with Gasteiger partial charge in [-0.05, 0) is 43.0 Å². The molecule has 1 heterocycles. The van der Waals surface area contributed by atoms with Gasteiger partial charge in [-0.3, -0.25) is 0 Å². The molecule has 1 fully saturated rings. The van der Waals surface area contributed by atoms with Crippen LogP contribution in [0.3, 0.4) is 0 Å². The summed E-state index contributed by atoms with van der Waals surface area (Å²) < 4.78 is 0. The van der Waals surface area contributed by atoms with Gasteiger partial charge >= 0.3 is 0 Å². The average molecular weight is 281 g/mol. The number of hydrogen-bond donors (Lipinski definition) is 1. The van der Waals surface area contributed by atoms with Crippen LogP contribution < -0.4 is 10.2 Å². The molecule has 0 bridgehead atoms. The van der Waals surface area contributed by atoms with Gasteiger partial charge in [-0.25, -0.2) is 0 Å². The fourth-order valence-corrected chi connectivity index (χ4v) is 3.11. The van der Waals surface area contributed by atoms with E-state index in [4.69, 9.17) is 11.6 Å². The van der Waals surface area contributed by atoms with E-state index in [0.29, 0.717) is 6.04 Å². The van der Waals surface area contributed by atoms with E-state index >= 15 is 0 Å². The van der Waals surface area contributed by atoms with Crippen molar-refractivity contribution in [3.63, 3.8) is 0 Å². The van der Waals surface area contributed by atoms with Gasteiger partial charge in [0.2, 0.25) is 0 Å². The van der Waals surface area contributed by atoms with Crippen LogP contribution in [0.5, 0.6) is 0 Å². The standard InChI is InChI=1S/C16H25ClN2/c1-5-18-13(4)14-6-7-16(15(17)8-14)19-9-11(2)12(3)10-19/h6-8,11-13,18H,5,9-10H2,1-4H3. The molecule has 0 radical (unpaired) electrons. The fraction of sp³-hybridized carbons (Fsp3) is 0.625. The minimum absolute atomic E-state index is 0.355. The highest BCUT2D eigenvalue weighted by molar-refractivity contribution is 6.33. The van der Waals surface area contributed by atoms with Gasteiger partial charge in [-0.1, -0.05) is 38.4 Å². The molecule has 0 aromatic heterocycles. The number of nitrogens with zero attached hydrogens (tertiary/aromatic N) is 1. The molecule has 1 aromatic rings. The lowest BCUT2D eigenvalue weighted by Crippen LogP contribution is -2.21. The molecule has 0 aliphatic carbocycles. The van der Waals surface area contributed by atoms with Gasteiger partial charge in [0.05, 0.1) is 10.7 Å². The van der Waals surface area contributed by atoms with E-state index < -0.39 is 0 Å². The molecule has 2 nitrogen and oxygen atoms in total. The first-order valence-corrected chi connectivity index (χ1v) is 7.68. The first-order valence-electron chi connectivity index (χ1n) is 7.30. The zero-order valence-corrected chi connectivity index (χ0v) is 13.2. The molecule has 0 saturated carbocycles. The number of halogens is 1. The smallest absolute Gasteiger partial charge is 0.0642 e. The van der Waals surface area contributed by atoms with E-state index in [1.165, 1.54) is 11.3 Å². The minimum atomic E-state index is 0.355. The maximum atomic E-state index is 6.48. The van der Waals surface area contributed by atoms with Gasteiger partial charge in [-0.15, -0.1) is 0 Å². The maximum absolute atomic E-state index is 6.48. The van der Waals surface area contributed by atoms with Crippen molar-refractivity contribution < 1.29 is 0 Å². The molecular formula is C16H25ClN2. The molecule has 19 heavy (non-hydrogen) atoms. The third-order valence-electron chi connectivity index (χ3n) is 4.31. The predicted octanol–water partition coefficient (Wildman–Crippen LogP) is 4.10. The molecule has 0 spiro atoms. The number of rotatable bonds is 4. The number of anilines is 1. The third-order valence-corrected chi connectivity index (χ3v) is 4.61. The van der Waals surface area contributed by atoms with Gasteiger partial charge in [-0.2, -0.15) is 0 Å². The second-order valence-electron chi connectivity index (χ2n) is 5.85. The third kappa shape index (κ3) is 3.24. The zero-order valence-electron chi connectivity index (χ0n) is 12.4. The highest BCUT2D eigenvalue weighted by atomic mass is 35.5. The van der Waals surface area contributed by atoms with Crippen molar-refractivity contribution in [2.45, 2.75) is 33.7 Å². The Kier molecular flexibility index (Phi) is 4.75. The molecule has 3 atom stereocenters. The lowest BCUT2D eigenvalue weighted by atomic mass is 10.0. The second kappa shape index (κ2) is 6.15. The van der Waals surface area contributed by atoms with Gasteiger partial charge in [0.15, 0.2) is 0 Å². The first-order chi connectivity index (χ1) is 9.02. The summed E-state index contributed by atoms with van der Waals surface area (Å²) in [6, 6.07) is 6.84. The molecular weight excluding hydrogens is 256 g/mol. The molecule has 106 valence electrons. The SMILES string of the molecule is CCNC(C)c1ccc(N2CC(C)C(C)C2)c(Cl)c1. The largest absolute Gasteiger partial charge is 0.370 e. The number of nitrogens with one attached hydrogen (secondary N) is 1. The molecule has 3 heteroatoms. The van der Waals surface area contributed by atoms with Gasteiger partial charge in [0, 0.05) is 19.1 Å². The summed E-state index contributed by atoms with van der Waals surface area (Å²) in [5.74, 6) is 1.49. The lowest BCUT2D eigenvalue weighted by molar-refractivity contribution is 0.494. The van der Waals surface area contributed by atoms with Crippen molar-refractivity contribution in [2.24, 2.45) is 11.8 Å². The van der Waals surface area contributed by atoms with Crippen molar-refractivity contribution in [3.05, 3.63) is 28.8 Å². The molecule has 1 aliphatic rings. The van der Waals surface area contributed by atoms with Crippen LogP contribution in [0.2, 0.25) is 5.02 Å². The van der Waals surface area contributed by atoms with E-state index in [1.54, 1.807) is 0 Å². The molecule has 1 saturated heterocycles. The van der Waals surface area contributed by atoms with E-state index in [9.17, 15) is 0 Å². The monoisotopic (exact) mass is 280 g/mol. The van der Waals surface area contributed by atoms with Crippen LogP contribution in [-0.4, -0.2) is 19.6 Å². The van der Waals surface area contributed by atoms with Crippen molar-refractivity contribution in [1.82, 2.24) is 5.32 Å². The normalized spacial score (nSPS) is 24.8. The van der Waals surface area contributed by atoms with Crippen molar-refractivity contribution in [2.75, 3.05) is 24.5 Å². The van der Waals surface area contributed by atoms with Crippen molar-refractivity contribution in [1.29, 1.82) is 0 Å².